The van der Waals surface area contributed by atoms with E-state index in [1.54, 1.807) is 65.8 Å². The average Bonchev–Trinajstić information content (AvgIpc) is 2.70. The highest BCUT2D eigenvalue weighted by molar-refractivity contribution is 6.38. The third-order valence-electron chi connectivity index (χ3n) is 4.03. The van der Waals surface area contributed by atoms with E-state index in [0.29, 0.717) is 11.1 Å². The zero-order valence-corrected chi connectivity index (χ0v) is 20.0. The molecule has 2 rings (SSSR count). The van der Waals surface area contributed by atoms with E-state index in [2.05, 4.69) is 4.99 Å². The van der Waals surface area contributed by atoms with Gasteiger partial charge in [0.15, 0.2) is 0 Å². The quantitative estimate of drug-likeness (QED) is 0.335. The highest BCUT2D eigenvalue weighted by atomic mass is 16.6. The number of rotatable bonds is 6. The van der Waals surface area contributed by atoms with Crippen molar-refractivity contribution in [1.82, 2.24) is 0 Å². The summed E-state index contributed by atoms with van der Waals surface area (Å²) >= 11 is 0. The van der Waals surface area contributed by atoms with Crippen LogP contribution in [0.3, 0.4) is 0 Å². The topological polar surface area (TPSA) is 91.3 Å². The summed E-state index contributed by atoms with van der Waals surface area (Å²) in [5.74, 6) is -1.16. The minimum Gasteiger partial charge on any atom is -0.456 e. The molecule has 2 aromatic rings. The predicted octanol–water partition coefficient (Wildman–Crippen LogP) is 5.30. The summed E-state index contributed by atoms with van der Waals surface area (Å²) in [7, 11) is 0. The van der Waals surface area contributed by atoms with Crippen LogP contribution in [0.4, 0.5) is 4.79 Å². The summed E-state index contributed by atoms with van der Waals surface area (Å²) in [6.45, 7) is 10.6. The van der Waals surface area contributed by atoms with Crippen molar-refractivity contribution in [1.29, 1.82) is 0 Å². The van der Waals surface area contributed by atoms with Gasteiger partial charge in [0.25, 0.3) is 0 Å². The molecule has 0 aromatic heterocycles. The first kappa shape index (κ1) is 25.8. The minimum atomic E-state index is -0.884. The normalized spacial score (nSPS) is 12.1. The fourth-order valence-corrected chi connectivity index (χ4v) is 2.65. The van der Waals surface area contributed by atoms with E-state index < -0.39 is 29.2 Å². The molecular formula is C26H31NO6. The molecule has 0 aliphatic heterocycles. The molecule has 0 aliphatic rings. The van der Waals surface area contributed by atoms with Crippen molar-refractivity contribution in [3.05, 3.63) is 71.3 Å². The molecule has 0 spiro atoms. The number of benzene rings is 2. The summed E-state index contributed by atoms with van der Waals surface area (Å²) in [5, 5.41) is 0. The molecule has 0 atom stereocenters. The molecule has 0 saturated heterocycles. The first-order chi connectivity index (χ1) is 15.3. The largest absolute Gasteiger partial charge is 0.456 e. The number of hydrogen-bond donors (Lipinski definition) is 0. The average molecular weight is 454 g/mol. The van der Waals surface area contributed by atoms with Gasteiger partial charge in [-0.1, -0.05) is 42.5 Å². The third kappa shape index (κ3) is 9.68. The second-order valence-corrected chi connectivity index (χ2v) is 9.48. The standard InChI is InChI=1S/C26H31NO6/c1-25(2,3)32-22(28)20-14-12-18(13-15-20)16-21(23(29)33-26(4,5)6)27-24(30)31-17-19-10-8-7-9-11-19/h7-15H,16-17H2,1-6H3. The molecule has 0 N–H and O–H groups in total. The highest BCUT2D eigenvalue weighted by Gasteiger charge is 2.23. The van der Waals surface area contributed by atoms with Crippen LogP contribution in [0.25, 0.3) is 0 Å². The number of amides is 1. The molecule has 0 bridgehead atoms. The molecule has 0 fully saturated rings. The van der Waals surface area contributed by atoms with E-state index in [4.69, 9.17) is 14.2 Å². The summed E-state index contributed by atoms with van der Waals surface area (Å²) in [5.41, 5.74) is 0.402. The van der Waals surface area contributed by atoms with Gasteiger partial charge in [0.05, 0.1) is 5.56 Å². The van der Waals surface area contributed by atoms with Crippen LogP contribution in [0, 0.1) is 0 Å². The van der Waals surface area contributed by atoms with E-state index in [1.807, 2.05) is 30.3 Å². The molecular weight excluding hydrogens is 422 g/mol. The Bertz CT molecular complexity index is 996. The van der Waals surface area contributed by atoms with E-state index in [0.717, 1.165) is 5.56 Å². The van der Waals surface area contributed by atoms with Crippen LogP contribution in [-0.2, 0) is 32.0 Å². The Balaban J connectivity index is 2.16. The van der Waals surface area contributed by atoms with Crippen molar-refractivity contribution in [2.45, 2.75) is 65.8 Å². The lowest BCUT2D eigenvalue weighted by atomic mass is 10.1. The molecule has 0 unspecified atom stereocenters. The van der Waals surface area contributed by atoms with E-state index in [9.17, 15) is 14.4 Å². The van der Waals surface area contributed by atoms with E-state index >= 15 is 0 Å². The Morgan fingerprint density at radius 1 is 0.758 bits per heavy atom. The van der Waals surface area contributed by atoms with E-state index in [1.165, 1.54) is 0 Å². The minimum absolute atomic E-state index is 0.0317. The number of nitrogens with zero attached hydrogens (tertiary/aromatic N) is 1. The Morgan fingerprint density at radius 2 is 1.33 bits per heavy atom. The molecule has 7 heteroatoms. The van der Waals surface area contributed by atoms with Gasteiger partial charge >= 0.3 is 18.0 Å². The second-order valence-electron chi connectivity index (χ2n) is 9.48. The van der Waals surface area contributed by atoms with Crippen molar-refractivity contribution in [3.63, 3.8) is 0 Å². The number of hydrogen-bond acceptors (Lipinski definition) is 6. The number of ether oxygens (including phenoxy) is 3. The van der Waals surface area contributed by atoms with Gasteiger partial charge in [0, 0.05) is 6.42 Å². The van der Waals surface area contributed by atoms with Crippen molar-refractivity contribution < 1.29 is 28.6 Å². The second kappa shape index (κ2) is 10.9. The molecule has 0 aliphatic carbocycles. The molecule has 0 radical (unpaired) electrons. The van der Waals surface area contributed by atoms with Crippen LogP contribution >= 0.6 is 0 Å². The number of carbonyl (C=O) groups is 3. The summed E-state index contributed by atoms with van der Waals surface area (Å²) in [4.78, 5) is 41.0. The molecule has 1 amide bonds. The molecule has 0 saturated carbocycles. The van der Waals surface area contributed by atoms with Crippen LogP contribution in [0.2, 0.25) is 0 Å². The molecule has 33 heavy (non-hydrogen) atoms. The zero-order valence-electron chi connectivity index (χ0n) is 20.0. The lowest BCUT2D eigenvalue weighted by Crippen LogP contribution is -2.30. The molecule has 176 valence electrons. The number of carbonyl (C=O) groups excluding carboxylic acids is 3. The zero-order chi connectivity index (χ0) is 24.6. The van der Waals surface area contributed by atoms with Crippen molar-refractivity contribution in [2.75, 3.05) is 0 Å². The predicted molar refractivity (Wildman–Crippen MR) is 125 cm³/mol. The summed E-state index contributed by atoms with van der Waals surface area (Å²) < 4.78 is 15.9. The van der Waals surface area contributed by atoms with Gasteiger partial charge in [-0.3, -0.25) is 0 Å². The van der Waals surface area contributed by atoms with Crippen LogP contribution in [0.15, 0.2) is 59.6 Å². The van der Waals surface area contributed by atoms with Gasteiger partial charge in [-0.15, -0.1) is 0 Å². The molecule has 0 heterocycles. The Kier molecular flexibility index (Phi) is 8.51. The Morgan fingerprint density at radius 3 is 1.88 bits per heavy atom. The highest BCUT2D eigenvalue weighted by Crippen LogP contribution is 2.15. The maximum atomic E-state index is 12.7. The van der Waals surface area contributed by atoms with Gasteiger partial charge in [0.2, 0.25) is 0 Å². The monoisotopic (exact) mass is 453 g/mol. The van der Waals surface area contributed by atoms with Gasteiger partial charge in [-0.05, 0) is 64.8 Å². The fraction of sp³-hybridized carbons (Fsp3) is 0.385. The van der Waals surface area contributed by atoms with Crippen molar-refractivity contribution in [2.24, 2.45) is 4.99 Å². The third-order valence-corrected chi connectivity index (χ3v) is 4.03. The van der Waals surface area contributed by atoms with Crippen LogP contribution in [0.5, 0.6) is 0 Å². The maximum absolute atomic E-state index is 12.7. The first-order valence-corrected chi connectivity index (χ1v) is 10.7. The van der Waals surface area contributed by atoms with E-state index in [-0.39, 0.29) is 18.7 Å². The number of aliphatic imine (C=N–C) groups is 1. The SMILES string of the molecule is CC(C)(C)OC(=O)C(Cc1ccc(C(=O)OC(C)(C)C)cc1)=NC(=O)OCc1ccccc1. The summed E-state index contributed by atoms with van der Waals surface area (Å²) in [6.07, 6.45) is -0.852. The van der Waals surface area contributed by atoms with Gasteiger partial charge in [-0.2, -0.15) is 4.99 Å². The first-order valence-electron chi connectivity index (χ1n) is 10.7. The lowest BCUT2D eigenvalue weighted by molar-refractivity contribution is -0.146. The number of esters is 2. The smallest absolute Gasteiger partial charge is 0.434 e. The van der Waals surface area contributed by atoms with Crippen molar-refractivity contribution in [3.8, 4) is 0 Å². The summed E-state index contributed by atoms with van der Waals surface area (Å²) in [6, 6.07) is 15.7. The van der Waals surface area contributed by atoms with Crippen LogP contribution in [0.1, 0.15) is 63.0 Å². The lowest BCUT2D eigenvalue weighted by Gasteiger charge is -2.20. The Hall–Kier alpha value is -3.48. The molecule has 7 nitrogen and oxygen atoms in total. The van der Waals surface area contributed by atoms with Gasteiger partial charge in [0.1, 0.15) is 23.5 Å². The fourth-order valence-electron chi connectivity index (χ4n) is 2.65. The Labute approximate surface area is 194 Å². The van der Waals surface area contributed by atoms with Gasteiger partial charge < -0.3 is 14.2 Å². The van der Waals surface area contributed by atoms with Crippen LogP contribution in [-0.4, -0.2) is 34.9 Å². The van der Waals surface area contributed by atoms with Crippen LogP contribution < -0.4 is 0 Å². The molecule has 2 aromatic carbocycles. The van der Waals surface area contributed by atoms with Crippen molar-refractivity contribution >= 4 is 23.7 Å². The maximum Gasteiger partial charge on any atom is 0.434 e. The van der Waals surface area contributed by atoms with Gasteiger partial charge in [-0.25, -0.2) is 14.4 Å².